The first-order valence-corrected chi connectivity index (χ1v) is 1.24. The maximum Gasteiger partial charge on any atom is 0.316 e. The maximum absolute atomic E-state index is 10.7. The summed E-state index contributed by atoms with van der Waals surface area (Å²) in [7, 11) is 1.11. The van der Waals surface area contributed by atoms with E-state index in [-0.39, 0.29) is 36.5 Å². The topological polar surface area (TPSA) is 9.23 Å². The van der Waals surface area contributed by atoms with E-state index in [1.807, 2.05) is 0 Å². The number of hydrogen-bond donors (Lipinski definition) is 0. The molecule has 0 atom stereocenters. The molecule has 0 spiro atoms. The third-order valence-electron chi connectivity index (χ3n) is 0.179. The molecule has 0 aliphatic carbocycles. The van der Waals surface area contributed by atoms with Gasteiger partial charge in [-0.2, -0.15) is 8.78 Å². The Balaban J connectivity index is -0.000000125. The minimum absolute atomic E-state index is 0. The smallest absolute Gasteiger partial charge is 0.316 e. The number of rotatable bonds is 1. The van der Waals surface area contributed by atoms with E-state index in [9.17, 15) is 8.78 Å². The van der Waals surface area contributed by atoms with E-state index in [2.05, 4.69) is 4.74 Å². The van der Waals surface area contributed by atoms with Crippen LogP contribution >= 0.6 is 0 Å². The molecule has 0 amide bonds. The van der Waals surface area contributed by atoms with E-state index in [0.717, 1.165) is 7.11 Å². The molecule has 1 radical (unpaired) electrons. The average Bonchev–Trinajstić information content (AvgIpc) is 1.35. The first-order chi connectivity index (χ1) is 2.77. The van der Waals surface area contributed by atoms with Crippen LogP contribution in [0.25, 0.3) is 0 Å². The molecule has 8 heavy (non-hydrogen) atoms. The fourth-order valence-corrected chi connectivity index (χ4v) is 0.0772. The Morgan fingerprint density at radius 2 is 1.88 bits per heavy atom. The molecule has 0 aliphatic heterocycles. The quantitative estimate of drug-likeness (QED) is 0.386. The zero-order valence-electron chi connectivity index (χ0n) is 4.25. The van der Waals surface area contributed by atoms with Crippen molar-refractivity contribution in [1.82, 2.24) is 0 Å². The number of ether oxygens (including phenoxy) is 1. The fourth-order valence-electron chi connectivity index (χ4n) is 0.0772. The Bertz CT molecular complexity index is 64.3. The standard InChI is InChI=1S/C3H3F2O.BrH.Zn/c1-6-2-3(4)5;;/h1H3;1H;/p-1. The van der Waals surface area contributed by atoms with Gasteiger partial charge in [0.05, 0.1) is 7.11 Å². The van der Waals surface area contributed by atoms with Crippen LogP contribution in [-0.2, 0) is 24.2 Å². The van der Waals surface area contributed by atoms with Crippen molar-refractivity contribution in [2.75, 3.05) is 7.11 Å². The van der Waals surface area contributed by atoms with Crippen molar-refractivity contribution in [3.05, 3.63) is 12.3 Å². The summed E-state index contributed by atoms with van der Waals surface area (Å²) < 4.78 is 25.2. The molecule has 5 heteroatoms. The zero-order valence-corrected chi connectivity index (χ0v) is 8.80. The second-order valence-electron chi connectivity index (χ2n) is 0.567. The van der Waals surface area contributed by atoms with Crippen LogP contribution in [0.1, 0.15) is 0 Å². The molecule has 45 valence electrons. The summed E-state index contributed by atoms with van der Waals surface area (Å²) in [4.78, 5) is 0. The summed E-state index contributed by atoms with van der Waals surface area (Å²) >= 11 is 0. The van der Waals surface area contributed by atoms with Gasteiger partial charge in [-0.1, -0.05) is 0 Å². The Morgan fingerprint density at radius 1 is 1.50 bits per heavy atom. The van der Waals surface area contributed by atoms with Crippen LogP contribution in [-0.4, -0.2) is 7.11 Å². The SMILES string of the molecule is CO[C]=C(F)F.[Br-].[Zn]. The van der Waals surface area contributed by atoms with E-state index < -0.39 is 6.08 Å². The van der Waals surface area contributed by atoms with Crippen LogP contribution in [0.5, 0.6) is 0 Å². The van der Waals surface area contributed by atoms with Crippen molar-refractivity contribution in [2.45, 2.75) is 0 Å². The normalized spacial score (nSPS) is 5.38. The summed E-state index contributed by atoms with van der Waals surface area (Å²) in [6.45, 7) is 0. The first kappa shape index (κ1) is 15.8. The van der Waals surface area contributed by atoms with Crippen LogP contribution in [0, 0.1) is 6.26 Å². The van der Waals surface area contributed by atoms with Gasteiger partial charge in [0.15, 0.2) is 0 Å². The molecule has 0 saturated carbocycles. The minimum atomic E-state index is -1.93. The van der Waals surface area contributed by atoms with Gasteiger partial charge in [0.1, 0.15) is 0 Å². The number of halogens is 3. The van der Waals surface area contributed by atoms with Crippen LogP contribution in [0.4, 0.5) is 8.78 Å². The molecule has 0 aromatic heterocycles. The van der Waals surface area contributed by atoms with Gasteiger partial charge < -0.3 is 21.7 Å². The minimum Gasteiger partial charge on any atom is -1.00 e. The van der Waals surface area contributed by atoms with Crippen LogP contribution < -0.4 is 17.0 Å². The van der Waals surface area contributed by atoms with Crippen LogP contribution in [0.15, 0.2) is 6.08 Å². The molecule has 0 bridgehead atoms. The molecule has 0 rings (SSSR count). The second kappa shape index (κ2) is 10.5. The van der Waals surface area contributed by atoms with Crippen molar-refractivity contribution < 1.29 is 50.0 Å². The van der Waals surface area contributed by atoms with E-state index >= 15 is 0 Å². The van der Waals surface area contributed by atoms with Gasteiger partial charge in [-0.3, -0.25) is 0 Å². The Hall–Kier alpha value is 0.503. The molecule has 0 aliphatic rings. The fraction of sp³-hybridized carbons (Fsp3) is 0.333. The van der Waals surface area contributed by atoms with Gasteiger partial charge >= 0.3 is 6.08 Å². The number of methoxy groups -OCH3 is 1. The predicted molar refractivity (Wildman–Crippen MR) is 16.0 cm³/mol. The maximum atomic E-state index is 10.7. The first-order valence-electron chi connectivity index (χ1n) is 1.24. The predicted octanol–water partition coefficient (Wildman–Crippen LogP) is -1.82. The van der Waals surface area contributed by atoms with Crippen LogP contribution in [0.3, 0.4) is 0 Å². The third kappa shape index (κ3) is 16.0. The Kier molecular flexibility index (Phi) is 20.7. The van der Waals surface area contributed by atoms with Crippen molar-refractivity contribution in [2.24, 2.45) is 0 Å². The molecule has 0 fully saturated rings. The van der Waals surface area contributed by atoms with E-state index in [0.29, 0.717) is 0 Å². The molecule has 0 heterocycles. The summed E-state index contributed by atoms with van der Waals surface area (Å²) in [5.41, 5.74) is 0. The van der Waals surface area contributed by atoms with E-state index in [4.69, 9.17) is 0 Å². The van der Waals surface area contributed by atoms with Gasteiger partial charge in [0.25, 0.3) is 0 Å². The molecule has 0 saturated heterocycles. The van der Waals surface area contributed by atoms with E-state index in [1.54, 1.807) is 0 Å². The van der Waals surface area contributed by atoms with Gasteiger partial charge in [0, 0.05) is 19.5 Å². The molecule has 0 aromatic rings. The van der Waals surface area contributed by atoms with Gasteiger partial charge in [-0.05, 0) is 0 Å². The van der Waals surface area contributed by atoms with Gasteiger partial charge in [-0.25, -0.2) is 0 Å². The van der Waals surface area contributed by atoms with Gasteiger partial charge in [0.2, 0.25) is 6.26 Å². The van der Waals surface area contributed by atoms with Crippen LogP contribution in [0.2, 0.25) is 0 Å². The molecule has 0 unspecified atom stereocenters. The Morgan fingerprint density at radius 3 is 1.88 bits per heavy atom. The molecular formula is C3H3BrF2OZn-. The van der Waals surface area contributed by atoms with Gasteiger partial charge in [-0.15, -0.1) is 0 Å². The monoisotopic (exact) mass is 236 g/mol. The largest absolute Gasteiger partial charge is 1.00 e. The summed E-state index contributed by atoms with van der Waals surface area (Å²) in [6, 6.07) is 0. The molecular weight excluding hydrogens is 235 g/mol. The Labute approximate surface area is 69.6 Å². The van der Waals surface area contributed by atoms with Crippen molar-refractivity contribution in [3.8, 4) is 0 Å². The second-order valence-corrected chi connectivity index (χ2v) is 0.567. The van der Waals surface area contributed by atoms with Crippen molar-refractivity contribution in [3.63, 3.8) is 0 Å². The molecule has 0 N–H and O–H groups in total. The van der Waals surface area contributed by atoms with E-state index in [1.165, 1.54) is 6.26 Å². The average molecular weight is 238 g/mol. The molecule has 0 aromatic carbocycles. The van der Waals surface area contributed by atoms with Crippen molar-refractivity contribution >= 4 is 0 Å². The number of hydrogen-bond acceptors (Lipinski definition) is 1. The molecule has 1 nitrogen and oxygen atoms in total. The summed E-state index contributed by atoms with van der Waals surface area (Å²) in [6.07, 6.45) is -0.641. The summed E-state index contributed by atoms with van der Waals surface area (Å²) in [5, 5.41) is 0. The third-order valence-corrected chi connectivity index (χ3v) is 0.179. The van der Waals surface area contributed by atoms with Crippen molar-refractivity contribution in [1.29, 1.82) is 0 Å². The summed E-state index contributed by atoms with van der Waals surface area (Å²) in [5.74, 6) is 0. The zero-order chi connectivity index (χ0) is 4.99.